The lowest BCUT2D eigenvalue weighted by atomic mass is 10.2. The fourth-order valence-electron chi connectivity index (χ4n) is 1.41. The van der Waals surface area contributed by atoms with Crippen LogP contribution in [-0.4, -0.2) is 33.1 Å². The Morgan fingerprint density at radius 1 is 1.42 bits per heavy atom. The number of hydrogen-bond donors (Lipinski definition) is 2. The van der Waals surface area contributed by atoms with Crippen molar-refractivity contribution in [1.82, 2.24) is 15.0 Å². The Morgan fingerprint density at radius 3 is 2.84 bits per heavy atom. The van der Waals surface area contributed by atoms with Crippen LogP contribution in [0.25, 0.3) is 0 Å². The Hall–Kier alpha value is -2.41. The average molecular weight is 281 g/mol. The molecule has 2 N–H and O–H groups in total. The largest absolute Gasteiger partial charge is 0.496 e. The highest BCUT2D eigenvalue weighted by atomic mass is 35.5. The summed E-state index contributed by atoms with van der Waals surface area (Å²) in [4.78, 5) is 22.3. The normalized spacial score (nSPS) is 10.0. The van der Waals surface area contributed by atoms with Crippen molar-refractivity contribution in [2.75, 3.05) is 12.4 Å². The summed E-state index contributed by atoms with van der Waals surface area (Å²) in [6.07, 6.45) is 1.26. The van der Waals surface area contributed by atoms with Gasteiger partial charge in [0.1, 0.15) is 17.6 Å². The first-order valence-electron chi connectivity index (χ1n) is 5.13. The molecule has 98 valence electrons. The maximum atomic E-state index is 10.9. The third kappa shape index (κ3) is 3.08. The second-order valence-corrected chi connectivity index (χ2v) is 3.76. The molecule has 1 aromatic carbocycles. The zero-order valence-electron chi connectivity index (χ0n) is 9.79. The van der Waals surface area contributed by atoms with Gasteiger partial charge in [0.2, 0.25) is 11.2 Å². The van der Waals surface area contributed by atoms with Gasteiger partial charge in [-0.3, -0.25) is 0 Å². The third-order valence-corrected chi connectivity index (χ3v) is 2.41. The smallest absolute Gasteiger partial charge is 0.339 e. The molecule has 0 atom stereocenters. The lowest BCUT2D eigenvalue weighted by Crippen LogP contribution is -2.02. The van der Waals surface area contributed by atoms with E-state index >= 15 is 0 Å². The van der Waals surface area contributed by atoms with Crippen molar-refractivity contribution < 1.29 is 14.6 Å². The van der Waals surface area contributed by atoms with E-state index in [1.165, 1.54) is 25.6 Å². The number of carbonyl (C=O) groups is 1. The molecular weight excluding hydrogens is 272 g/mol. The van der Waals surface area contributed by atoms with Crippen molar-refractivity contribution in [2.45, 2.75) is 0 Å². The van der Waals surface area contributed by atoms with Crippen LogP contribution < -0.4 is 10.1 Å². The summed E-state index contributed by atoms with van der Waals surface area (Å²) < 4.78 is 5.01. The van der Waals surface area contributed by atoms with Crippen LogP contribution in [0.2, 0.25) is 5.28 Å². The molecule has 0 amide bonds. The molecule has 0 bridgehead atoms. The van der Waals surface area contributed by atoms with Gasteiger partial charge in [0.05, 0.1) is 7.11 Å². The molecule has 19 heavy (non-hydrogen) atoms. The molecule has 8 heteroatoms. The summed E-state index contributed by atoms with van der Waals surface area (Å²) in [5, 5.41) is 11.9. The Kier molecular flexibility index (Phi) is 3.76. The molecule has 0 spiro atoms. The number of rotatable bonds is 4. The van der Waals surface area contributed by atoms with Gasteiger partial charge in [-0.15, -0.1) is 0 Å². The number of ether oxygens (including phenoxy) is 1. The number of nitrogens with zero attached hydrogens (tertiary/aromatic N) is 3. The number of hydrogen-bond acceptors (Lipinski definition) is 6. The van der Waals surface area contributed by atoms with Crippen LogP contribution in [0.1, 0.15) is 10.4 Å². The van der Waals surface area contributed by atoms with Crippen molar-refractivity contribution in [1.29, 1.82) is 0 Å². The lowest BCUT2D eigenvalue weighted by Gasteiger charge is -2.08. The first kappa shape index (κ1) is 13.0. The van der Waals surface area contributed by atoms with Crippen molar-refractivity contribution in [3.05, 3.63) is 35.4 Å². The maximum absolute atomic E-state index is 10.9. The number of aromatic carboxylic acids is 1. The highest BCUT2D eigenvalue weighted by Crippen LogP contribution is 2.24. The summed E-state index contributed by atoms with van der Waals surface area (Å²) >= 11 is 5.63. The summed E-state index contributed by atoms with van der Waals surface area (Å²) in [5.41, 5.74) is 0.644. The molecule has 2 rings (SSSR count). The van der Waals surface area contributed by atoms with Crippen LogP contribution in [0.15, 0.2) is 24.5 Å². The highest BCUT2D eigenvalue weighted by Gasteiger charge is 2.11. The second-order valence-electron chi connectivity index (χ2n) is 3.42. The van der Waals surface area contributed by atoms with Crippen LogP contribution in [-0.2, 0) is 0 Å². The number of aromatic nitrogens is 3. The van der Waals surface area contributed by atoms with Gasteiger partial charge < -0.3 is 15.2 Å². The number of carboxylic acids is 1. The van der Waals surface area contributed by atoms with E-state index < -0.39 is 5.97 Å². The molecule has 0 fully saturated rings. The molecular formula is C11H9ClN4O3. The zero-order valence-corrected chi connectivity index (χ0v) is 10.5. The van der Waals surface area contributed by atoms with Gasteiger partial charge in [-0.25, -0.2) is 14.8 Å². The van der Waals surface area contributed by atoms with E-state index in [2.05, 4.69) is 20.3 Å². The second kappa shape index (κ2) is 5.49. The van der Waals surface area contributed by atoms with Gasteiger partial charge in [0.25, 0.3) is 0 Å². The van der Waals surface area contributed by atoms with Crippen molar-refractivity contribution in [2.24, 2.45) is 0 Å². The molecule has 1 heterocycles. The minimum Gasteiger partial charge on any atom is -0.496 e. The average Bonchev–Trinajstić information content (AvgIpc) is 2.38. The highest BCUT2D eigenvalue weighted by molar-refractivity contribution is 6.28. The number of benzene rings is 1. The Balaban J connectivity index is 2.29. The van der Waals surface area contributed by atoms with Gasteiger partial charge in [-0.2, -0.15) is 4.98 Å². The van der Waals surface area contributed by atoms with E-state index in [0.29, 0.717) is 5.69 Å². The predicted octanol–water partition coefficient (Wildman–Crippen LogP) is 1.98. The maximum Gasteiger partial charge on any atom is 0.339 e. The van der Waals surface area contributed by atoms with E-state index in [-0.39, 0.29) is 22.5 Å². The fourth-order valence-corrected chi connectivity index (χ4v) is 1.54. The van der Waals surface area contributed by atoms with Crippen LogP contribution in [0.3, 0.4) is 0 Å². The van der Waals surface area contributed by atoms with Crippen LogP contribution >= 0.6 is 11.6 Å². The molecule has 0 aliphatic rings. The number of carboxylic acid groups (broad SMARTS) is 1. The van der Waals surface area contributed by atoms with E-state index in [4.69, 9.17) is 21.4 Å². The van der Waals surface area contributed by atoms with Gasteiger partial charge in [0, 0.05) is 11.8 Å². The van der Waals surface area contributed by atoms with Crippen LogP contribution in [0, 0.1) is 0 Å². The summed E-state index contributed by atoms with van der Waals surface area (Å²) in [5.74, 6) is -0.575. The van der Waals surface area contributed by atoms with Crippen LogP contribution in [0.5, 0.6) is 5.75 Å². The minimum absolute atomic E-state index is 0.0617. The molecule has 0 aliphatic carbocycles. The number of halogens is 1. The lowest BCUT2D eigenvalue weighted by molar-refractivity contribution is 0.0693. The van der Waals surface area contributed by atoms with Crippen molar-refractivity contribution >= 4 is 29.2 Å². The molecule has 2 aromatic rings. The topological polar surface area (TPSA) is 97.2 Å². The SMILES string of the molecule is COc1cc(Nc2ncnc(Cl)n2)ccc1C(=O)O. The van der Waals surface area contributed by atoms with E-state index in [9.17, 15) is 4.79 Å². The summed E-state index contributed by atoms with van der Waals surface area (Å²) in [7, 11) is 1.39. The van der Waals surface area contributed by atoms with Gasteiger partial charge >= 0.3 is 5.97 Å². The minimum atomic E-state index is -1.06. The first-order valence-corrected chi connectivity index (χ1v) is 5.51. The molecule has 0 unspecified atom stereocenters. The molecule has 7 nitrogen and oxygen atoms in total. The Morgan fingerprint density at radius 2 is 2.21 bits per heavy atom. The quantitative estimate of drug-likeness (QED) is 0.883. The molecule has 1 aromatic heterocycles. The van der Waals surface area contributed by atoms with Crippen molar-refractivity contribution in [3.63, 3.8) is 0 Å². The van der Waals surface area contributed by atoms with E-state index in [1.54, 1.807) is 6.07 Å². The molecule has 0 saturated heterocycles. The fraction of sp³-hybridized carbons (Fsp3) is 0.0909. The summed E-state index contributed by atoms with van der Waals surface area (Å²) in [6, 6.07) is 4.52. The van der Waals surface area contributed by atoms with Crippen molar-refractivity contribution in [3.8, 4) is 5.75 Å². The van der Waals surface area contributed by atoms with Gasteiger partial charge in [-0.1, -0.05) is 0 Å². The molecule has 0 saturated carbocycles. The van der Waals surface area contributed by atoms with Gasteiger partial charge in [-0.05, 0) is 23.7 Å². The number of nitrogens with one attached hydrogen (secondary N) is 1. The molecule has 0 aliphatic heterocycles. The summed E-state index contributed by atoms with van der Waals surface area (Å²) in [6.45, 7) is 0. The van der Waals surface area contributed by atoms with E-state index in [1.807, 2.05) is 0 Å². The standard InChI is InChI=1S/C11H9ClN4O3/c1-19-8-4-6(2-3-7(8)9(17)18)15-11-14-5-13-10(12)16-11/h2-5H,1H3,(H,17,18)(H,13,14,15,16). The Bertz CT molecular complexity index is 621. The number of anilines is 2. The number of methoxy groups -OCH3 is 1. The Labute approximate surface area is 113 Å². The monoisotopic (exact) mass is 280 g/mol. The zero-order chi connectivity index (χ0) is 13.8. The van der Waals surface area contributed by atoms with Gasteiger partial charge in [0.15, 0.2) is 0 Å². The predicted molar refractivity (Wildman–Crippen MR) is 68.1 cm³/mol. The van der Waals surface area contributed by atoms with E-state index in [0.717, 1.165) is 0 Å². The van der Waals surface area contributed by atoms with Crippen LogP contribution in [0.4, 0.5) is 11.6 Å². The first-order chi connectivity index (χ1) is 9.10. The third-order valence-electron chi connectivity index (χ3n) is 2.23. The molecule has 0 radical (unpaired) electrons.